The van der Waals surface area contributed by atoms with E-state index in [4.69, 9.17) is 0 Å². The molecule has 2 aromatic heterocycles. The average Bonchev–Trinajstić information content (AvgIpc) is 1.54. The first-order valence-electron chi connectivity index (χ1n) is 31.7. The van der Waals surface area contributed by atoms with Crippen LogP contribution in [0.1, 0.15) is 5.56 Å². The summed E-state index contributed by atoms with van der Waals surface area (Å²) >= 11 is 0. The number of nitrogens with zero attached hydrogens (tertiary/aromatic N) is 2. The lowest BCUT2D eigenvalue weighted by atomic mass is 9.93. The van der Waals surface area contributed by atoms with Gasteiger partial charge in [0.25, 0.3) is 0 Å². The van der Waals surface area contributed by atoms with Gasteiger partial charge in [0.15, 0.2) is 157 Å². The van der Waals surface area contributed by atoms with Crippen LogP contribution in [0.15, 0.2) is 97.1 Å². The van der Waals surface area contributed by atoms with Gasteiger partial charge in [-0.25, -0.2) is 154 Å². The predicted molar refractivity (Wildman–Crippen MR) is 342 cm³/mol. The first kappa shape index (κ1) is 78.3. The van der Waals surface area contributed by atoms with Crippen molar-refractivity contribution >= 4 is 43.6 Å². The summed E-state index contributed by atoms with van der Waals surface area (Å²) in [6.45, 7) is 0.418. The molecule has 0 saturated carbocycles. The van der Waals surface area contributed by atoms with Gasteiger partial charge < -0.3 is 9.13 Å². The van der Waals surface area contributed by atoms with E-state index in [-0.39, 0.29) is 11.4 Å². The Bertz CT molecular complexity index is 6120. The van der Waals surface area contributed by atoms with Crippen molar-refractivity contribution in [2.75, 3.05) is 0 Å². The molecule has 13 aromatic carbocycles. The Labute approximate surface area is 618 Å². The van der Waals surface area contributed by atoms with E-state index in [1.54, 1.807) is 0 Å². The van der Waals surface area contributed by atoms with Crippen molar-refractivity contribution in [1.29, 1.82) is 0 Å². The Morgan fingerprint density at radius 3 is 0.534 bits per heavy atom. The smallest absolute Gasteiger partial charge is 0.200 e. The summed E-state index contributed by atoms with van der Waals surface area (Å²) in [4.78, 5) is 0. The van der Waals surface area contributed by atoms with Crippen LogP contribution in [0.5, 0.6) is 0 Å². The summed E-state index contributed by atoms with van der Waals surface area (Å²) in [6, 6.07) is 11.7. The molecule has 2 heterocycles. The van der Waals surface area contributed by atoms with Crippen LogP contribution in [0.3, 0.4) is 0 Å². The SMILES string of the molecule is Cc1c(F)c(F)c(F)c(-c2c(F)c(F)c(F)c(-c3ccc4c(c3)c3cc(-c5c(F)c(F)c(F)c(-c6c(F)c(F)c(F)c(F)c6F)c5F)ccc3n4-c3cccc(-n4c5ccc(-c6c(F)c(F)c(F)c(-c7c(F)c(F)c(F)c(F)c7F)c6F)cc5c5cc(-c6c(F)c(F)c(F)c(-c7c(F)c(F)c(F)c(F)c7F)c6F)ccc54)c3)c2F)c1F. The second kappa shape index (κ2) is 27.4. The number of benzene rings is 13. The molecule has 37 heteroatoms. The first-order chi connectivity index (χ1) is 54.6. The number of aromatic nitrogens is 2. The van der Waals surface area contributed by atoms with E-state index in [1.165, 1.54) is 0 Å². The maximum atomic E-state index is 17.1. The summed E-state index contributed by atoms with van der Waals surface area (Å²) < 4.78 is 546. The van der Waals surface area contributed by atoms with Crippen molar-refractivity contribution in [3.05, 3.63) is 306 Å². The average molecular weight is 1660 g/mol. The minimum atomic E-state index is -2.97. The quantitative estimate of drug-likeness (QED) is 0.0734. The summed E-state index contributed by atoms with van der Waals surface area (Å²) in [6.07, 6.45) is 0. The van der Waals surface area contributed by atoms with Gasteiger partial charge >= 0.3 is 0 Å². The van der Waals surface area contributed by atoms with E-state index < -0.39 is 342 Å². The van der Waals surface area contributed by atoms with Crippen LogP contribution in [0, 0.1) is 211 Å². The van der Waals surface area contributed by atoms with Crippen LogP contribution >= 0.6 is 0 Å². The molecule has 15 rings (SSSR count). The van der Waals surface area contributed by atoms with Crippen molar-refractivity contribution in [2.45, 2.75) is 6.92 Å². The molecule has 0 atom stereocenters. The van der Waals surface area contributed by atoms with Crippen LogP contribution in [0.4, 0.5) is 154 Å². The Hall–Kier alpha value is -13.0. The molecule has 0 amide bonds. The standard InChI is InChI=1S/C79H19F35N2/c1-18-45(80)37(55(90)66(101)46(18)81)38-47(82)33(51(86)67(102)56(38)91)19-5-9-29-25(13-19)26-14-20(34-48(83)39(57(92)68(103)52(34)87)42-60(95)71(106)77(112)72(107)61(42)96)6-10-30(26)115(29)23-3-2-4-24(17-23)116-31-11-7-21(35-49(84)40(58(93)69(104)53(35)88)43-62(97)73(108)78(113)74(109)63(43)98)15-27(31)28-16-22(8-12-32(28)116)36-50(85)41(59(94)70(105)54(36)89)44-64(99)75(110)79(114)76(111)65(44)100/h2-17H,1H3. The summed E-state index contributed by atoms with van der Waals surface area (Å²) in [5, 5.41) is -2.72. The van der Waals surface area contributed by atoms with E-state index >= 15 is 105 Å². The lowest BCUT2D eigenvalue weighted by Gasteiger charge is -2.16. The third kappa shape index (κ3) is 10.9. The molecule has 0 aliphatic heterocycles. The number of hydrogen-bond acceptors (Lipinski definition) is 0. The van der Waals surface area contributed by atoms with Crippen LogP contribution in [0.2, 0.25) is 0 Å². The second-order valence-electron chi connectivity index (χ2n) is 25.2. The van der Waals surface area contributed by atoms with Gasteiger partial charge in [-0.1, -0.05) is 30.3 Å². The van der Waals surface area contributed by atoms with E-state index in [1.807, 2.05) is 0 Å². The molecule has 0 unspecified atom stereocenters. The Morgan fingerprint density at radius 2 is 0.319 bits per heavy atom. The van der Waals surface area contributed by atoms with Crippen molar-refractivity contribution in [3.8, 4) is 100 Å². The first-order valence-corrected chi connectivity index (χ1v) is 31.7. The van der Waals surface area contributed by atoms with Crippen LogP contribution in [0.25, 0.3) is 144 Å². The highest BCUT2D eigenvalue weighted by atomic mass is 19.2. The van der Waals surface area contributed by atoms with Gasteiger partial charge in [0.2, 0.25) is 17.5 Å². The molecule has 116 heavy (non-hydrogen) atoms. The van der Waals surface area contributed by atoms with Crippen molar-refractivity contribution in [2.24, 2.45) is 0 Å². The topological polar surface area (TPSA) is 9.86 Å². The Morgan fingerprint density at radius 1 is 0.155 bits per heavy atom. The molecule has 2 nitrogen and oxygen atoms in total. The third-order valence-electron chi connectivity index (χ3n) is 19.2. The molecule has 0 N–H and O–H groups in total. The number of fused-ring (bicyclic) bond motifs is 6. The Kier molecular flexibility index (Phi) is 18.5. The van der Waals surface area contributed by atoms with Crippen LogP contribution < -0.4 is 0 Å². The zero-order valence-corrected chi connectivity index (χ0v) is 55.4. The van der Waals surface area contributed by atoms with Gasteiger partial charge in [-0.3, -0.25) is 0 Å². The molecular formula is C79H19F35N2. The minimum Gasteiger partial charge on any atom is -0.309 e. The van der Waals surface area contributed by atoms with Gasteiger partial charge in [-0.15, -0.1) is 0 Å². The van der Waals surface area contributed by atoms with E-state index in [0.29, 0.717) is 55.5 Å². The molecule has 0 aliphatic rings. The van der Waals surface area contributed by atoms with Gasteiger partial charge in [0, 0.05) is 38.5 Å². The number of rotatable bonds is 10. The van der Waals surface area contributed by atoms with Gasteiger partial charge in [-0.2, -0.15) is 0 Å². The maximum Gasteiger partial charge on any atom is 0.200 e. The highest BCUT2D eigenvalue weighted by molar-refractivity contribution is 6.14. The molecule has 0 saturated heterocycles. The molecule has 0 fully saturated rings. The minimum absolute atomic E-state index is 0.365. The fourth-order valence-corrected chi connectivity index (χ4v) is 13.9. The molecule has 0 spiro atoms. The predicted octanol–water partition coefficient (Wildman–Crippen LogP) is 26.4. The second-order valence-corrected chi connectivity index (χ2v) is 25.2. The largest absolute Gasteiger partial charge is 0.309 e. The van der Waals surface area contributed by atoms with Gasteiger partial charge in [-0.05, 0) is 95.9 Å². The van der Waals surface area contributed by atoms with Crippen LogP contribution in [-0.4, -0.2) is 9.13 Å². The lowest BCUT2D eigenvalue weighted by molar-refractivity contribution is 0.379. The maximum absolute atomic E-state index is 17.1. The molecule has 0 radical (unpaired) electrons. The fourth-order valence-electron chi connectivity index (χ4n) is 13.9. The lowest BCUT2D eigenvalue weighted by Crippen LogP contribution is -2.09. The van der Waals surface area contributed by atoms with E-state index in [9.17, 15) is 48.3 Å². The molecule has 15 aromatic rings. The van der Waals surface area contributed by atoms with Crippen molar-refractivity contribution < 1.29 is 154 Å². The molecule has 590 valence electrons. The van der Waals surface area contributed by atoms with Gasteiger partial charge in [0.05, 0.1) is 88.8 Å². The monoisotopic (exact) mass is 1660 g/mol. The summed E-state index contributed by atoms with van der Waals surface area (Å²) in [5.41, 5.74) is -35.8. The number of halogens is 35. The summed E-state index contributed by atoms with van der Waals surface area (Å²) in [5.74, 6) is -98.0. The molecular weight excluding hydrogens is 1640 g/mol. The normalized spacial score (nSPS) is 12.0. The highest BCUT2D eigenvalue weighted by Crippen LogP contribution is 2.50. The molecule has 0 aliphatic carbocycles. The van der Waals surface area contributed by atoms with Crippen LogP contribution in [-0.2, 0) is 0 Å². The van der Waals surface area contributed by atoms with Crippen molar-refractivity contribution in [3.63, 3.8) is 0 Å². The van der Waals surface area contributed by atoms with E-state index in [0.717, 1.165) is 57.7 Å². The zero-order valence-electron chi connectivity index (χ0n) is 55.4. The third-order valence-corrected chi connectivity index (χ3v) is 19.2. The summed E-state index contributed by atoms with van der Waals surface area (Å²) in [7, 11) is 0. The highest BCUT2D eigenvalue weighted by Gasteiger charge is 2.41. The molecule has 0 bridgehead atoms. The number of hydrogen-bond donors (Lipinski definition) is 0. The fraction of sp³-hybridized carbons (Fsp3) is 0.0127. The van der Waals surface area contributed by atoms with Gasteiger partial charge in [0.1, 0.15) is 29.1 Å². The van der Waals surface area contributed by atoms with E-state index in [2.05, 4.69) is 0 Å². The Balaban J connectivity index is 1.01. The van der Waals surface area contributed by atoms with Crippen molar-refractivity contribution in [1.82, 2.24) is 9.13 Å². The zero-order chi connectivity index (χ0) is 84.3.